The molecule has 0 aliphatic heterocycles. The van der Waals surface area contributed by atoms with Gasteiger partial charge in [0, 0.05) is 12.1 Å². The fraction of sp³-hybridized carbons (Fsp3) is 0.846. The van der Waals surface area contributed by atoms with Gasteiger partial charge in [-0.1, -0.05) is 26.2 Å². The highest BCUT2D eigenvalue weighted by atomic mass is 15.3. The molecule has 0 amide bonds. The van der Waals surface area contributed by atoms with Gasteiger partial charge in [0.25, 0.3) is 0 Å². The second kappa shape index (κ2) is 5.63. The summed E-state index contributed by atoms with van der Waals surface area (Å²) in [6, 6.07) is 0. The first-order valence-electron chi connectivity index (χ1n) is 6.85. The van der Waals surface area contributed by atoms with E-state index in [2.05, 4.69) is 29.2 Å². The molecule has 4 heteroatoms. The van der Waals surface area contributed by atoms with Crippen LogP contribution in [0.1, 0.15) is 58.2 Å². The Bertz CT molecular complexity index is 339. The molecule has 0 bridgehead atoms. The van der Waals surface area contributed by atoms with Crippen LogP contribution in [0.3, 0.4) is 0 Å². The van der Waals surface area contributed by atoms with E-state index in [0.29, 0.717) is 5.54 Å². The van der Waals surface area contributed by atoms with Crippen LogP contribution < -0.4 is 5.32 Å². The van der Waals surface area contributed by atoms with Crippen molar-refractivity contribution in [2.45, 2.75) is 71.0 Å². The van der Waals surface area contributed by atoms with Crippen molar-refractivity contribution in [3.05, 3.63) is 12.2 Å². The van der Waals surface area contributed by atoms with Gasteiger partial charge in [-0.15, -0.1) is 0 Å². The summed E-state index contributed by atoms with van der Waals surface area (Å²) in [6.45, 7) is 6.32. The van der Waals surface area contributed by atoms with Gasteiger partial charge in [-0.25, -0.2) is 9.67 Å². The van der Waals surface area contributed by atoms with Gasteiger partial charge in [-0.2, -0.15) is 5.10 Å². The minimum Gasteiger partial charge on any atom is -0.305 e. The van der Waals surface area contributed by atoms with Crippen LogP contribution in [-0.2, 0) is 13.1 Å². The summed E-state index contributed by atoms with van der Waals surface area (Å²) in [5.41, 5.74) is 0.307. The van der Waals surface area contributed by atoms with Crippen molar-refractivity contribution in [3.8, 4) is 0 Å². The molecule has 4 nitrogen and oxygen atoms in total. The zero-order valence-electron chi connectivity index (χ0n) is 11.1. The lowest BCUT2D eigenvalue weighted by Gasteiger charge is -2.34. The summed E-state index contributed by atoms with van der Waals surface area (Å²) in [5.74, 6) is 1.07. The summed E-state index contributed by atoms with van der Waals surface area (Å²) >= 11 is 0. The molecular weight excluding hydrogens is 212 g/mol. The van der Waals surface area contributed by atoms with Gasteiger partial charge in [0.15, 0.2) is 0 Å². The van der Waals surface area contributed by atoms with Crippen LogP contribution in [0.25, 0.3) is 0 Å². The monoisotopic (exact) mass is 236 g/mol. The molecule has 0 radical (unpaired) electrons. The van der Waals surface area contributed by atoms with E-state index in [1.807, 2.05) is 4.68 Å². The molecule has 2 rings (SSSR count). The first-order valence-corrected chi connectivity index (χ1v) is 6.85. The van der Waals surface area contributed by atoms with Gasteiger partial charge in [0.1, 0.15) is 12.2 Å². The zero-order chi connectivity index (χ0) is 12.1. The van der Waals surface area contributed by atoms with Gasteiger partial charge in [0.2, 0.25) is 0 Å². The van der Waals surface area contributed by atoms with Crippen LogP contribution in [0.5, 0.6) is 0 Å². The summed E-state index contributed by atoms with van der Waals surface area (Å²) < 4.78 is 2.01. The second-order valence-electron chi connectivity index (χ2n) is 5.37. The SMILES string of the molecule is CCCn1ncnc1CNC1(C)CCCCC1. The Morgan fingerprint density at radius 1 is 1.35 bits per heavy atom. The number of nitrogens with one attached hydrogen (secondary N) is 1. The molecule has 0 unspecified atom stereocenters. The average Bonchev–Trinajstić information content (AvgIpc) is 2.76. The van der Waals surface area contributed by atoms with Crippen molar-refractivity contribution in [2.24, 2.45) is 0 Å². The topological polar surface area (TPSA) is 42.7 Å². The van der Waals surface area contributed by atoms with Crippen LogP contribution in [-0.4, -0.2) is 20.3 Å². The Hall–Kier alpha value is -0.900. The third kappa shape index (κ3) is 3.28. The number of hydrogen-bond acceptors (Lipinski definition) is 3. The lowest BCUT2D eigenvalue weighted by molar-refractivity contribution is 0.248. The number of aromatic nitrogens is 3. The van der Waals surface area contributed by atoms with Crippen LogP contribution in [0.2, 0.25) is 0 Å². The van der Waals surface area contributed by atoms with Crippen molar-refractivity contribution in [1.82, 2.24) is 20.1 Å². The van der Waals surface area contributed by atoms with E-state index in [9.17, 15) is 0 Å². The molecule has 1 heterocycles. The molecule has 1 aromatic heterocycles. The quantitative estimate of drug-likeness (QED) is 0.854. The third-order valence-electron chi connectivity index (χ3n) is 3.76. The van der Waals surface area contributed by atoms with Crippen LogP contribution in [0, 0.1) is 0 Å². The highest BCUT2D eigenvalue weighted by molar-refractivity contribution is 4.91. The van der Waals surface area contributed by atoms with Crippen LogP contribution in [0.15, 0.2) is 6.33 Å². The van der Waals surface area contributed by atoms with Gasteiger partial charge in [-0.3, -0.25) is 0 Å². The van der Waals surface area contributed by atoms with E-state index < -0.39 is 0 Å². The van der Waals surface area contributed by atoms with E-state index in [0.717, 1.165) is 25.3 Å². The van der Waals surface area contributed by atoms with Crippen molar-refractivity contribution in [3.63, 3.8) is 0 Å². The van der Waals surface area contributed by atoms with Crippen molar-refractivity contribution >= 4 is 0 Å². The standard InChI is InChI=1S/C13H24N4/c1-3-9-17-12(14-11-16-17)10-15-13(2)7-5-4-6-8-13/h11,15H,3-10H2,1-2H3. The van der Waals surface area contributed by atoms with E-state index in [1.165, 1.54) is 32.1 Å². The van der Waals surface area contributed by atoms with E-state index >= 15 is 0 Å². The molecular formula is C13H24N4. The normalized spacial score (nSPS) is 19.4. The average molecular weight is 236 g/mol. The summed E-state index contributed by atoms with van der Waals surface area (Å²) in [4.78, 5) is 4.34. The van der Waals surface area contributed by atoms with Crippen molar-refractivity contribution in [2.75, 3.05) is 0 Å². The van der Waals surface area contributed by atoms with Crippen molar-refractivity contribution in [1.29, 1.82) is 0 Å². The number of aryl methyl sites for hydroxylation is 1. The maximum atomic E-state index is 4.34. The lowest BCUT2D eigenvalue weighted by atomic mass is 9.83. The largest absolute Gasteiger partial charge is 0.305 e. The molecule has 1 N–H and O–H groups in total. The highest BCUT2D eigenvalue weighted by Gasteiger charge is 2.26. The minimum atomic E-state index is 0.307. The highest BCUT2D eigenvalue weighted by Crippen LogP contribution is 2.27. The molecule has 1 saturated carbocycles. The van der Waals surface area contributed by atoms with Crippen LogP contribution >= 0.6 is 0 Å². The summed E-state index contributed by atoms with van der Waals surface area (Å²) in [7, 11) is 0. The molecule has 0 spiro atoms. The maximum absolute atomic E-state index is 4.34. The molecule has 1 aliphatic carbocycles. The Morgan fingerprint density at radius 2 is 2.12 bits per heavy atom. The summed E-state index contributed by atoms with van der Waals surface area (Å²) in [6.07, 6.45) is 9.44. The predicted octanol–water partition coefficient (Wildman–Crippen LogP) is 2.50. The second-order valence-corrected chi connectivity index (χ2v) is 5.37. The molecule has 0 saturated heterocycles. The van der Waals surface area contributed by atoms with Gasteiger partial charge >= 0.3 is 0 Å². The summed E-state index contributed by atoms with van der Waals surface area (Å²) in [5, 5.41) is 7.93. The smallest absolute Gasteiger partial charge is 0.140 e. The molecule has 17 heavy (non-hydrogen) atoms. The maximum Gasteiger partial charge on any atom is 0.140 e. The Balaban J connectivity index is 1.90. The van der Waals surface area contributed by atoms with E-state index in [1.54, 1.807) is 6.33 Å². The van der Waals surface area contributed by atoms with Gasteiger partial charge in [0.05, 0.1) is 6.54 Å². The third-order valence-corrected chi connectivity index (χ3v) is 3.76. The predicted molar refractivity (Wildman–Crippen MR) is 68.6 cm³/mol. The number of rotatable bonds is 5. The Morgan fingerprint density at radius 3 is 2.82 bits per heavy atom. The first-order chi connectivity index (χ1) is 8.23. The van der Waals surface area contributed by atoms with E-state index in [4.69, 9.17) is 0 Å². The first kappa shape index (κ1) is 12.6. The van der Waals surface area contributed by atoms with Crippen molar-refractivity contribution < 1.29 is 0 Å². The molecule has 1 aliphatic rings. The Kier molecular flexibility index (Phi) is 4.15. The van der Waals surface area contributed by atoms with Crippen LogP contribution in [0.4, 0.5) is 0 Å². The minimum absolute atomic E-state index is 0.307. The molecule has 96 valence electrons. The number of nitrogens with zero attached hydrogens (tertiary/aromatic N) is 3. The van der Waals surface area contributed by atoms with Gasteiger partial charge in [-0.05, 0) is 26.2 Å². The lowest BCUT2D eigenvalue weighted by Crippen LogP contribution is -2.43. The zero-order valence-corrected chi connectivity index (χ0v) is 11.1. The fourth-order valence-electron chi connectivity index (χ4n) is 2.62. The van der Waals surface area contributed by atoms with Gasteiger partial charge < -0.3 is 5.32 Å². The molecule has 0 atom stereocenters. The fourth-order valence-corrected chi connectivity index (χ4v) is 2.62. The molecule has 0 aromatic carbocycles. The van der Waals surface area contributed by atoms with E-state index in [-0.39, 0.29) is 0 Å². The Labute approximate surface area is 104 Å². The molecule has 1 aromatic rings. The number of hydrogen-bond donors (Lipinski definition) is 1. The molecule has 1 fully saturated rings.